The van der Waals surface area contributed by atoms with Crippen molar-refractivity contribution < 1.29 is 0 Å². The van der Waals surface area contributed by atoms with Gasteiger partial charge in [-0.05, 0) is 52.6 Å². The summed E-state index contributed by atoms with van der Waals surface area (Å²) in [6.07, 6.45) is 4.83. The van der Waals surface area contributed by atoms with Gasteiger partial charge in [-0.1, -0.05) is 13.3 Å². The number of nitrogens with one attached hydrogen (secondary N) is 1. The first kappa shape index (κ1) is 14.5. The minimum atomic E-state index is -0.323. The van der Waals surface area contributed by atoms with Gasteiger partial charge in [0.1, 0.15) is 5.54 Å². The van der Waals surface area contributed by atoms with E-state index in [1.807, 2.05) is 0 Å². The van der Waals surface area contributed by atoms with E-state index >= 15 is 0 Å². The van der Waals surface area contributed by atoms with E-state index in [4.69, 9.17) is 0 Å². The van der Waals surface area contributed by atoms with E-state index in [0.29, 0.717) is 12.0 Å². The van der Waals surface area contributed by atoms with E-state index in [-0.39, 0.29) is 5.54 Å². The van der Waals surface area contributed by atoms with Crippen molar-refractivity contribution in [1.29, 1.82) is 5.26 Å². The van der Waals surface area contributed by atoms with Crippen molar-refractivity contribution in [3.05, 3.63) is 0 Å². The molecule has 1 saturated carbocycles. The summed E-state index contributed by atoms with van der Waals surface area (Å²) >= 11 is 0. The van der Waals surface area contributed by atoms with Crippen LogP contribution in [-0.2, 0) is 0 Å². The molecule has 1 unspecified atom stereocenters. The highest BCUT2D eigenvalue weighted by Gasteiger charge is 2.46. The standard InChI is InChI=1S/C14H27N3/c1-5-6-9-17(4)11-14(10-15,13-7-8-13)16-12(2)3/h12-13,16H,5-9,11H2,1-4H3. The summed E-state index contributed by atoms with van der Waals surface area (Å²) in [4.78, 5) is 2.31. The smallest absolute Gasteiger partial charge is 0.122 e. The van der Waals surface area contributed by atoms with Crippen LogP contribution in [0.3, 0.4) is 0 Å². The molecule has 1 aliphatic rings. The van der Waals surface area contributed by atoms with E-state index < -0.39 is 0 Å². The van der Waals surface area contributed by atoms with Crippen molar-refractivity contribution in [2.45, 2.75) is 58.0 Å². The Morgan fingerprint density at radius 1 is 1.47 bits per heavy atom. The summed E-state index contributed by atoms with van der Waals surface area (Å²) in [6.45, 7) is 8.40. The van der Waals surface area contributed by atoms with Crippen molar-refractivity contribution >= 4 is 0 Å². The third-order valence-electron chi connectivity index (χ3n) is 3.43. The average molecular weight is 237 g/mol. The zero-order chi connectivity index (χ0) is 12.9. The predicted octanol–water partition coefficient (Wildman–Crippen LogP) is 2.39. The highest BCUT2D eigenvalue weighted by Crippen LogP contribution is 2.40. The van der Waals surface area contributed by atoms with E-state index in [0.717, 1.165) is 13.1 Å². The van der Waals surface area contributed by atoms with Crippen molar-refractivity contribution in [1.82, 2.24) is 10.2 Å². The summed E-state index contributed by atoms with van der Waals surface area (Å²) in [5.74, 6) is 0.555. The second-order valence-corrected chi connectivity index (χ2v) is 5.75. The highest BCUT2D eigenvalue weighted by atomic mass is 15.2. The fourth-order valence-electron chi connectivity index (χ4n) is 2.48. The monoisotopic (exact) mass is 237 g/mol. The molecule has 0 bridgehead atoms. The Kier molecular flexibility index (Phi) is 5.42. The molecular formula is C14H27N3. The van der Waals surface area contributed by atoms with Gasteiger partial charge in [0.25, 0.3) is 0 Å². The second kappa shape index (κ2) is 6.37. The minimum Gasteiger partial charge on any atom is -0.303 e. The third-order valence-corrected chi connectivity index (χ3v) is 3.43. The number of hydrogen-bond acceptors (Lipinski definition) is 3. The molecule has 0 heterocycles. The van der Waals surface area contributed by atoms with Gasteiger partial charge in [-0.25, -0.2) is 0 Å². The first-order valence-electron chi connectivity index (χ1n) is 6.91. The predicted molar refractivity (Wildman–Crippen MR) is 71.7 cm³/mol. The van der Waals surface area contributed by atoms with Crippen molar-refractivity contribution in [3.8, 4) is 6.07 Å². The molecule has 0 aliphatic heterocycles. The summed E-state index contributed by atoms with van der Waals surface area (Å²) in [6, 6.07) is 2.93. The number of rotatable bonds is 8. The van der Waals surface area contributed by atoms with Crippen LogP contribution in [0.5, 0.6) is 0 Å². The number of hydrogen-bond donors (Lipinski definition) is 1. The Labute approximate surface area is 106 Å². The van der Waals surface area contributed by atoms with Gasteiger partial charge in [0.05, 0.1) is 6.07 Å². The van der Waals surface area contributed by atoms with Gasteiger partial charge in [-0.15, -0.1) is 0 Å². The van der Waals surface area contributed by atoms with Crippen LogP contribution in [-0.4, -0.2) is 36.6 Å². The largest absolute Gasteiger partial charge is 0.303 e. The lowest BCUT2D eigenvalue weighted by molar-refractivity contribution is 0.215. The number of likely N-dealkylation sites (N-methyl/N-ethyl adjacent to an activating group) is 1. The van der Waals surface area contributed by atoms with Crippen LogP contribution < -0.4 is 5.32 Å². The van der Waals surface area contributed by atoms with Crippen LogP contribution in [0, 0.1) is 17.2 Å². The fraction of sp³-hybridized carbons (Fsp3) is 0.929. The fourth-order valence-corrected chi connectivity index (χ4v) is 2.48. The maximum atomic E-state index is 9.57. The quantitative estimate of drug-likeness (QED) is 0.704. The van der Waals surface area contributed by atoms with Gasteiger partial charge in [-0.3, -0.25) is 5.32 Å². The van der Waals surface area contributed by atoms with E-state index in [9.17, 15) is 5.26 Å². The Balaban J connectivity index is 2.59. The maximum Gasteiger partial charge on any atom is 0.122 e. The molecule has 0 spiro atoms. The number of nitriles is 1. The molecule has 3 nitrogen and oxygen atoms in total. The summed E-state index contributed by atoms with van der Waals surface area (Å²) in [5.41, 5.74) is -0.323. The van der Waals surface area contributed by atoms with Crippen molar-refractivity contribution in [2.75, 3.05) is 20.1 Å². The van der Waals surface area contributed by atoms with Crippen LogP contribution in [0.15, 0.2) is 0 Å². The van der Waals surface area contributed by atoms with Crippen LogP contribution in [0.2, 0.25) is 0 Å². The molecule has 98 valence electrons. The Hall–Kier alpha value is -0.590. The molecule has 1 aliphatic carbocycles. The lowest BCUT2D eigenvalue weighted by Gasteiger charge is -2.34. The molecule has 0 radical (unpaired) electrons. The Morgan fingerprint density at radius 3 is 2.53 bits per heavy atom. The first-order valence-corrected chi connectivity index (χ1v) is 6.91. The molecule has 17 heavy (non-hydrogen) atoms. The minimum absolute atomic E-state index is 0.323. The summed E-state index contributed by atoms with van der Waals surface area (Å²) in [5, 5.41) is 13.1. The number of unbranched alkanes of at least 4 members (excludes halogenated alkanes) is 1. The van der Waals surface area contributed by atoms with Gasteiger partial charge >= 0.3 is 0 Å². The summed E-state index contributed by atoms with van der Waals surface area (Å²) in [7, 11) is 2.13. The van der Waals surface area contributed by atoms with Crippen LogP contribution in [0.25, 0.3) is 0 Å². The summed E-state index contributed by atoms with van der Waals surface area (Å²) < 4.78 is 0. The molecular weight excluding hydrogens is 210 g/mol. The van der Waals surface area contributed by atoms with Crippen molar-refractivity contribution in [2.24, 2.45) is 5.92 Å². The first-order chi connectivity index (χ1) is 8.04. The molecule has 1 atom stereocenters. The van der Waals surface area contributed by atoms with Gasteiger partial charge in [0.15, 0.2) is 0 Å². The molecule has 1 N–H and O–H groups in total. The molecule has 0 saturated heterocycles. The van der Waals surface area contributed by atoms with E-state index in [1.165, 1.54) is 25.7 Å². The van der Waals surface area contributed by atoms with Crippen molar-refractivity contribution in [3.63, 3.8) is 0 Å². The van der Waals surface area contributed by atoms with Crippen LogP contribution in [0.4, 0.5) is 0 Å². The van der Waals surface area contributed by atoms with Crippen LogP contribution >= 0.6 is 0 Å². The average Bonchev–Trinajstić information content (AvgIpc) is 3.08. The van der Waals surface area contributed by atoms with E-state index in [1.54, 1.807) is 0 Å². The molecule has 3 heteroatoms. The Morgan fingerprint density at radius 2 is 2.12 bits per heavy atom. The highest BCUT2D eigenvalue weighted by molar-refractivity contribution is 5.17. The molecule has 0 aromatic heterocycles. The van der Waals surface area contributed by atoms with E-state index in [2.05, 4.69) is 44.1 Å². The topological polar surface area (TPSA) is 39.1 Å². The lowest BCUT2D eigenvalue weighted by Crippen LogP contribution is -2.56. The zero-order valence-electron chi connectivity index (χ0n) is 11.8. The molecule has 1 fully saturated rings. The normalized spacial score (nSPS) is 19.4. The van der Waals surface area contributed by atoms with Gasteiger partial charge < -0.3 is 4.90 Å². The molecule has 0 aromatic rings. The molecule has 0 amide bonds. The van der Waals surface area contributed by atoms with Gasteiger partial charge in [-0.2, -0.15) is 5.26 Å². The third kappa shape index (κ3) is 4.29. The second-order valence-electron chi connectivity index (χ2n) is 5.75. The van der Waals surface area contributed by atoms with Crippen LogP contribution in [0.1, 0.15) is 46.5 Å². The lowest BCUT2D eigenvalue weighted by atomic mass is 9.93. The molecule has 1 rings (SSSR count). The zero-order valence-corrected chi connectivity index (χ0v) is 11.8. The maximum absolute atomic E-state index is 9.57. The Bertz CT molecular complexity index is 265. The SMILES string of the molecule is CCCCN(C)CC(C#N)(NC(C)C)C1CC1. The van der Waals surface area contributed by atoms with Gasteiger partial charge in [0, 0.05) is 12.6 Å². The molecule has 0 aromatic carbocycles. The number of nitrogens with zero attached hydrogens (tertiary/aromatic N) is 2. The van der Waals surface area contributed by atoms with Gasteiger partial charge in [0.2, 0.25) is 0 Å².